The van der Waals surface area contributed by atoms with Crippen molar-refractivity contribution < 1.29 is 14.0 Å². The lowest BCUT2D eigenvalue weighted by molar-refractivity contribution is -0.134. The first-order chi connectivity index (χ1) is 10.9. The predicted molar refractivity (Wildman–Crippen MR) is 94.7 cm³/mol. The topological polar surface area (TPSA) is 63.4 Å². The molecule has 2 rings (SSSR count). The molecule has 0 radical (unpaired) electrons. The minimum Gasteiger partial charge on any atom is -0.341 e. The summed E-state index contributed by atoms with van der Waals surface area (Å²) < 4.78 is 13.0. The van der Waals surface area contributed by atoms with Gasteiger partial charge < -0.3 is 10.6 Å². The highest BCUT2D eigenvalue weighted by Crippen LogP contribution is 2.22. The normalized spacial score (nSPS) is 18.9. The zero-order chi connectivity index (χ0) is 17.0. The van der Waals surface area contributed by atoms with Crippen LogP contribution in [-0.4, -0.2) is 35.7 Å². The van der Waals surface area contributed by atoms with E-state index in [0.29, 0.717) is 31.0 Å². The molecule has 1 aromatic carbocycles. The number of nitrogens with two attached hydrogens (primary N) is 1. The van der Waals surface area contributed by atoms with E-state index in [9.17, 15) is 14.0 Å². The second-order valence-electron chi connectivity index (χ2n) is 6.73. The summed E-state index contributed by atoms with van der Waals surface area (Å²) in [6.07, 6.45) is 2.18. The Balaban J connectivity index is 0.00000288. The van der Waals surface area contributed by atoms with Crippen LogP contribution in [0.1, 0.15) is 43.5 Å². The van der Waals surface area contributed by atoms with Crippen molar-refractivity contribution in [2.45, 2.75) is 39.2 Å². The molecule has 24 heavy (non-hydrogen) atoms. The first kappa shape index (κ1) is 20.6. The highest BCUT2D eigenvalue weighted by atomic mass is 35.5. The molecule has 6 heteroatoms. The van der Waals surface area contributed by atoms with Crippen molar-refractivity contribution in [3.8, 4) is 0 Å². The van der Waals surface area contributed by atoms with E-state index in [2.05, 4.69) is 0 Å². The lowest BCUT2D eigenvalue weighted by atomic mass is 9.89. The van der Waals surface area contributed by atoms with Gasteiger partial charge in [-0.3, -0.25) is 9.59 Å². The van der Waals surface area contributed by atoms with E-state index in [4.69, 9.17) is 5.73 Å². The van der Waals surface area contributed by atoms with Crippen LogP contribution in [0.5, 0.6) is 0 Å². The summed E-state index contributed by atoms with van der Waals surface area (Å²) in [6, 6.07) is 5.08. The number of piperidine rings is 1. The number of carbonyl (C=O) groups is 2. The quantitative estimate of drug-likeness (QED) is 0.825. The second-order valence-corrected chi connectivity index (χ2v) is 6.73. The molecule has 0 bridgehead atoms. The summed E-state index contributed by atoms with van der Waals surface area (Å²) in [5.74, 6) is -0.336. The fourth-order valence-electron chi connectivity index (χ4n) is 3.08. The molecule has 1 aromatic rings. The molecule has 2 N–H and O–H groups in total. The Bertz CT molecular complexity index is 563. The van der Waals surface area contributed by atoms with Crippen molar-refractivity contribution in [2.75, 3.05) is 13.1 Å². The summed E-state index contributed by atoms with van der Waals surface area (Å²) in [4.78, 5) is 26.7. The van der Waals surface area contributed by atoms with Gasteiger partial charge in [0.25, 0.3) is 0 Å². The van der Waals surface area contributed by atoms with Crippen molar-refractivity contribution >= 4 is 24.1 Å². The van der Waals surface area contributed by atoms with Gasteiger partial charge in [0.15, 0.2) is 5.78 Å². The van der Waals surface area contributed by atoms with E-state index in [-0.39, 0.29) is 35.8 Å². The van der Waals surface area contributed by atoms with E-state index in [0.717, 1.165) is 12.8 Å². The standard InChI is InChI=1S/C18H25FN2O2.ClH/c1-12(2)10-16(20)18(23)21-9-3-4-14(11-21)17(22)13-5-7-15(19)8-6-13;/h5-8,12,14,16H,3-4,9-11,20H2,1-2H3;1H/t14?,16-;/m0./s1. The lowest BCUT2D eigenvalue weighted by Gasteiger charge is -2.34. The molecular weight excluding hydrogens is 331 g/mol. The number of benzene rings is 1. The van der Waals surface area contributed by atoms with Gasteiger partial charge in [0.2, 0.25) is 5.91 Å². The smallest absolute Gasteiger partial charge is 0.239 e. The van der Waals surface area contributed by atoms with Gasteiger partial charge in [0.05, 0.1) is 6.04 Å². The third-order valence-corrected chi connectivity index (χ3v) is 4.28. The predicted octanol–water partition coefficient (Wildman–Crippen LogP) is 3.04. The molecule has 1 aliphatic heterocycles. The van der Waals surface area contributed by atoms with Crippen molar-refractivity contribution in [3.63, 3.8) is 0 Å². The monoisotopic (exact) mass is 356 g/mol. The third kappa shape index (κ3) is 5.28. The molecule has 1 heterocycles. The molecule has 4 nitrogen and oxygen atoms in total. The Labute approximate surface area is 149 Å². The van der Waals surface area contributed by atoms with Crippen LogP contribution in [0.4, 0.5) is 4.39 Å². The third-order valence-electron chi connectivity index (χ3n) is 4.28. The maximum Gasteiger partial charge on any atom is 0.239 e. The van der Waals surface area contributed by atoms with E-state index >= 15 is 0 Å². The summed E-state index contributed by atoms with van der Waals surface area (Å²) in [5.41, 5.74) is 6.48. The van der Waals surface area contributed by atoms with Crippen molar-refractivity contribution in [3.05, 3.63) is 35.6 Å². The number of rotatable bonds is 5. The number of halogens is 2. The Morgan fingerprint density at radius 2 is 1.92 bits per heavy atom. The number of likely N-dealkylation sites (tertiary alicyclic amines) is 1. The average molecular weight is 357 g/mol. The Kier molecular flexibility index (Phi) is 7.84. The first-order valence-corrected chi connectivity index (χ1v) is 8.22. The maximum atomic E-state index is 13.0. The fourth-order valence-corrected chi connectivity index (χ4v) is 3.08. The van der Waals surface area contributed by atoms with Crippen LogP contribution in [0.15, 0.2) is 24.3 Å². The molecule has 0 saturated carbocycles. The van der Waals surface area contributed by atoms with Gasteiger partial charge in [-0.15, -0.1) is 12.4 Å². The van der Waals surface area contributed by atoms with E-state index in [1.807, 2.05) is 13.8 Å². The second kappa shape index (κ2) is 9.14. The molecular formula is C18H26ClFN2O2. The summed E-state index contributed by atoms with van der Waals surface area (Å²) in [5, 5.41) is 0. The van der Waals surface area contributed by atoms with Gasteiger partial charge in [0.1, 0.15) is 5.82 Å². The minimum atomic E-state index is -0.505. The maximum absolute atomic E-state index is 13.0. The minimum absolute atomic E-state index is 0. The molecule has 134 valence electrons. The highest BCUT2D eigenvalue weighted by Gasteiger charge is 2.31. The van der Waals surface area contributed by atoms with Crippen molar-refractivity contribution in [1.82, 2.24) is 4.90 Å². The number of ketones is 1. The van der Waals surface area contributed by atoms with Crippen LogP contribution in [0, 0.1) is 17.7 Å². The van der Waals surface area contributed by atoms with E-state index in [1.54, 1.807) is 4.90 Å². The Morgan fingerprint density at radius 1 is 1.29 bits per heavy atom. The number of carbonyl (C=O) groups excluding carboxylic acids is 2. The van der Waals surface area contributed by atoms with Gasteiger partial charge in [0, 0.05) is 24.6 Å². The van der Waals surface area contributed by atoms with E-state index in [1.165, 1.54) is 24.3 Å². The Morgan fingerprint density at radius 3 is 2.50 bits per heavy atom. The van der Waals surface area contributed by atoms with Crippen LogP contribution in [0.3, 0.4) is 0 Å². The van der Waals surface area contributed by atoms with Crippen molar-refractivity contribution in [1.29, 1.82) is 0 Å². The summed E-state index contributed by atoms with van der Waals surface area (Å²) >= 11 is 0. The first-order valence-electron chi connectivity index (χ1n) is 8.22. The lowest BCUT2D eigenvalue weighted by Crippen LogP contribution is -2.49. The van der Waals surface area contributed by atoms with Gasteiger partial charge in [-0.2, -0.15) is 0 Å². The molecule has 2 atom stereocenters. The molecule has 0 aromatic heterocycles. The molecule has 1 amide bonds. The number of Topliss-reactive ketones (excluding diaryl/α,β-unsaturated/α-hetero) is 1. The number of hydrogen-bond donors (Lipinski definition) is 1. The van der Waals surface area contributed by atoms with Crippen LogP contribution in [0.25, 0.3) is 0 Å². The van der Waals surface area contributed by atoms with Gasteiger partial charge >= 0.3 is 0 Å². The SMILES string of the molecule is CC(C)C[C@H](N)C(=O)N1CCCC(C(=O)c2ccc(F)cc2)C1.Cl. The number of amides is 1. The molecule has 1 aliphatic rings. The number of hydrogen-bond acceptors (Lipinski definition) is 3. The van der Waals surface area contributed by atoms with Crippen LogP contribution in [0.2, 0.25) is 0 Å². The highest BCUT2D eigenvalue weighted by molar-refractivity contribution is 5.98. The zero-order valence-electron chi connectivity index (χ0n) is 14.2. The fraction of sp³-hybridized carbons (Fsp3) is 0.556. The Hall–Kier alpha value is -1.46. The van der Waals surface area contributed by atoms with Gasteiger partial charge in [-0.05, 0) is 49.4 Å². The molecule has 1 unspecified atom stereocenters. The van der Waals surface area contributed by atoms with Crippen LogP contribution >= 0.6 is 12.4 Å². The summed E-state index contributed by atoms with van der Waals surface area (Å²) in [7, 11) is 0. The van der Waals surface area contributed by atoms with Crippen LogP contribution < -0.4 is 5.73 Å². The van der Waals surface area contributed by atoms with Gasteiger partial charge in [-0.1, -0.05) is 13.8 Å². The molecule has 1 saturated heterocycles. The zero-order valence-corrected chi connectivity index (χ0v) is 15.0. The van der Waals surface area contributed by atoms with Crippen molar-refractivity contribution in [2.24, 2.45) is 17.6 Å². The summed E-state index contributed by atoms with van der Waals surface area (Å²) in [6.45, 7) is 5.12. The largest absolute Gasteiger partial charge is 0.341 e. The molecule has 0 spiro atoms. The van der Waals surface area contributed by atoms with E-state index < -0.39 is 6.04 Å². The van der Waals surface area contributed by atoms with Crippen LogP contribution in [-0.2, 0) is 4.79 Å². The average Bonchev–Trinajstić information content (AvgIpc) is 2.53. The van der Waals surface area contributed by atoms with Gasteiger partial charge in [-0.25, -0.2) is 4.39 Å². The number of nitrogens with zero attached hydrogens (tertiary/aromatic N) is 1. The molecule has 1 fully saturated rings. The molecule has 0 aliphatic carbocycles.